The maximum atomic E-state index is 5.63. The highest BCUT2D eigenvalue weighted by Crippen LogP contribution is 2.35. The van der Waals surface area contributed by atoms with Gasteiger partial charge in [-0.05, 0) is 62.5 Å². The number of benzene rings is 2. The summed E-state index contributed by atoms with van der Waals surface area (Å²) in [6, 6.07) is 14.6. The Bertz CT molecular complexity index is 831. The lowest BCUT2D eigenvalue weighted by Crippen LogP contribution is -2.48. The van der Waals surface area contributed by atoms with Crippen LogP contribution in [-0.2, 0) is 6.42 Å². The molecule has 0 bridgehead atoms. The molecule has 27 heavy (non-hydrogen) atoms. The van der Waals surface area contributed by atoms with E-state index in [9.17, 15) is 0 Å². The van der Waals surface area contributed by atoms with Gasteiger partial charge in [-0.25, -0.2) is 0 Å². The van der Waals surface area contributed by atoms with Crippen molar-refractivity contribution in [3.8, 4) is 11.5 Å². The van der Waals surface area contributed by atoms with Crippen LogP contribution in [0.3, 0.4) is 0 Å². The second-order valence-corrected chi connectivity index (χ2v) is 8.03. The lowest BCUT2D eigenvalue weighted by atomic mass is 9.89. The molecule has 2 aliphatic rings. The minimum absolute atomic E-state index is 0.0875. The van der Waals surface area contributed by atoms with E-state index in [4.69, 9.17) is 21.7 Å². The van der Waals surface area contributed by atoms with E-state index in [0.29, 0.717) is 5.11 Å². The molecule has 0 amide bonds. The molecule has 0 saturated heterocycles. The Morgan fingerprint density at radius 3 is 2.70 bits per heavy atom. The van der Waals surface area contributed by atoms with Gasteiger partial charge < -0.3 is 20.1 Å². The molecule has 142 valence electrons. The Kier molecular flexibility index (Phi) is 5.21. The molecule has 0 radical (unpaired) electrons. The highest BCUT2D eigenvalue weighted by molar-refractivity contribution is 7.80. The molecule has 0 atom stereocenters. The van der Waals surface area contributed by atoms with Crippen LogP contribution in [-0.4, -0.2) is 17.4 Å². The van der Waals surface area contributed by atoms with Gasteiger partial charge in [0.05, 0.1) is 0 Å². The second-order valence-electron chi connectivity index (χ2n) is 7.62. The molecule has 1 fully saturated rings. The minimum Gasteiger partial charge on any atom is -0.454 e. The molecule has 2 N–H and O–H groups in total. The SMILES string of the molecule is Cc1cccc(CCC2(NC(=S)Nc3ccc4c(c3)OCO4)CCCC2)c1. The van der Waals surface area contributed by atoms with Crippen LogP contribution < -0.4 is 20.1 Å². The zero-order valence-electron chi connectivity index (χ0n) is 15.7. The standard InChI is InChI=1S/C22H26N2O2S/c1-16-5-4-6-17(13-16)9-12-22(10-2-3-11-22)24-21(27)23-18-7-8-19-20(14-18)26-15-25-19/h4-8,13-14H,2-3,9-12,15H2,1H3,(H2,23,24,27). The summed E-state index contributed by atoms with van der Waals surface area (Å²) in [5.74, 6) is 1.54. The van der Waals surface area contributed by atoms with E-state index < -0.39 is 0 Å². The molecule has 0 aromatic heterocycles. The molecule has 1 aliphatic heterocycles. The van der Waals surface area contributed by atoms with Crippen LogP contribution in [0.15, 0.2) is 42.5 Å². The Morgan fingerprint density at radius 1 is 1.07 bits per heavy atom. The molecule has 4 rings (SSSR count). The monoisotopic (exact) mass is 382 g/mol. The first-order valence-corrected chi connectivity index (χ1v) is 10.1. The molecule has 5 heteroatoms. The highest BCUT2D eigenvalue weighted by Gasteiger charge is 2.34. The Labute approximate surface area is 166 Å². The maximum Gasteiger partial charge on any atom is 0.231 e. The smallest absolute Gasteiger partial charge is 0.231 e. The fourth-order valence-electron chi connectivity index (χ4n) is 4.12. The molecule has 2 aromatic carbocycles. The van der Waals surface area contributed by atoms with E-state index in [1.165, 1.54) is 36.8 Å². The van der Waals surface area contributed by atoms with Crippen LogP contribution in [0.1, 0.15) is 43.2 Å². The number of fused-ring (bicyclic) bond motifs is 1. The second kappa shape index (κ2) is 7.77. The summed E-state index contributed by atoms with van der Waals surface area (Å²) in [7, 11) is 0. The third kappa shape index (κ3) is 4.35. The molecule has 1 saturated carbocycles. The molecule has 0 unspecified atom stereocenters. The van der Waals surface area contributed by atoms with Gasteiger partial charge in [-0.2, -0.15) is 0 Å². The summed E-state index contributed by atoms with van der Waals surface area (Å²) in [5.41, 5.74) is 3.73. The normalized spacial score (nSPS) is 16.9. The van der Waals surface area contributed by atoms with Crippen LogP contribution in [0.2, 0.25) is 0 Å². The van der Waals surface area contributed by atoms with Crippen molar-refractivity contribution >= 4 is 23.0 Å². The summed E-state index contributed by atoms with van der Waals surface area (Å²) >= 11 is 5.63. The minimum atomic E-state index is 0.0875. The largest absolute Gasteiger partial charge is 0.454 e. The van der Waals surface area contributed by atoms with E-state index in [0.717, 1.165) is 30.0 Å². The van der Waals surface area contributed by atoms with Crippen molar-refractivity contribution in [1.82, 2.24) is 5.32 Å². The average Bonchev–Trinajstić information content (AvgIpc) is 3.29. The topological polar surface area (TPSA) is 42.5 Å². The van der Waals surface area contributed by atoms with Crippen LogP contribution >= 0.6 is 12.2 Å². The zero-order valence-corrected chi connectivity index (χ0v) is 16.5. The van der Waals surface area contributed by atoms with Gasteiger partial charge in [-0.15, -0.1) is 0 Å². The first kappa shape index (κ1) is 18.1. The van der Waals surface area contributed by atoms with Crippen molar-refractivity contribution in [3.63, 3.8) is 0 Å². The summed E-state index contributed by atoms with van der Waals surface area (Å²) in [6.45, 7) is 2.43. The van der Waals surface area contributed by atoms with E-state index >= 15 is 0 Å². The van der Waals surface area contributed by atoms with Crippen molar-refractivity contribution in [2.45, 2.75) is 51.0 Å². The fraction of sp³-hybridized carbons (Fsp3) is 0.409. The summed E-state index contributed by atoms with van der Waals surface area (Å²) in [6.07, 6.45) is 7.02. The van der Waals surface area contributed by atoms with Crippen LogP contribution in [0.5, 0.6) is 11.5 Å². The number of aryl methyl sites for hydroxylation is 2. The van der Waals surface area contributed by atoms with Gasteiger partial charge in [0.15, 0.2) is 16.6 Å². The van der Waals surface area contributed by atoms with Gasteiger partial charge in [0.25, 0.3) is 0 Å². The third-order valence-electron chi connectivity index (χ3n) is 5.54. The summed E-state index contributed by atoms with van der Waals surface area (Å²) < 4.78 is 10.8. The van der Waals surface area contributed by atoms with E-state index in [-0.39, 0.29) is 12.3 Å². The molecule has 2 aromatic rings. The first-order chi connectivity index (χ1) is 13.1. The number of hydrogen-bond donors (Lipinski definition) is 2. The number of ether oxygens (including phenoxy) is 2. The molecule has 0 spiro atoms. The molecular formula is C22H26N2O2S. The highest BCUT2D eigenvalue weighted by atomic mass is 32.1. The van der Waals surface area contributed by atoms with Crippen molar-refractivity contribution in [2.75, 3.05) is 12.1 Å². The lowest BCUT2D eigenvalue weighted by Gasteiger charge is -2.32. The average molecular weight is 383 g/mol. The Morgan fingerprint density at radius 2 is 1.89 bits per heavy atom. The molecule has 4 nitrogen and oxygen atoms in total. The number of rotatable bonds is 5. The third-order valence-corrected chi connectivity index (χ3v) is 5.75. The summed E-state index contributed by atoms with van der Waals surface area (Å²) in [5, 5.41) is 7.64. The van der Waals surface area contributed by atoms with Crippen LogP contribution in [0.4, 0.5) is 5.69 Å². The number of thiocarbonyl (C=S) groups is 1. The van der Waals surface area contributed by atoms with E-state index in [1.807, 2.05) is 18.2 Å². The van der Waals surface area contributed by atoms with Gasteiger partial charge in [0, 0.05) is 17.3 Å². The predicted octanol–water partition coefficient (Wildman–Crippen LogP) is 4.96. The number of nitrogens with one attached hydrogen (secondary N) is 2. The maximum absolute atomic E-state index is 5.63. The van der Waals surface area contributed by atoms with E-state index in [1.54, 1.807) is 0 Å². The van der Waals surface area contributed by atoms with Crippen LogP contribution in [0.25, 0.3) is 0 Å². The van der Waals surface area contributed by atoms with E-state index in [2.05, 4.69) is 41.8 Å². The number of hydrogen-bond acceptors (Lipinski definition) is 3. The van der Waals surface area contributed by atoms with Gasteiger partial charge in [-0.3, -0.25) is 0 Å². The molecule has 1 aliphatic carbocycles. The van der Waals surface area contributed by atoms with Crippen molar-refractivity contribution in [2.24, 2.45) is 0 Å². The number of anilines is 1. The summed E-state index contributed by atoms with van der Waals surface area (Å²) in [4.78, 5) is 0. The Hall–Kier alpha value is -2.27. The lowest BCUT2D eigenvalue weighted by molar-refractivity contribution is 0.174. The van der Waals surface area contributed by atoms with Crippen molar-refractivity contribution < 1.29 is 9.47 Å². The van der Waals surface area contributed by atoms with Crippen molar-refractivity contribution in [3.05, 3.63) is 53.6 Å². The quantitative estimate of drug-likeness (QED) is 0.716. The van der Waals surface area contributed by atoms with Gasteiger partial charge in [0.1, 0.15) is 0 Å². The van der Waals surface area contributed by atoms with Gasteiger partial charge in [0.2, 0.25) is 6.79 Å². The fourth-order valence-corrected chi connectivity index (χ4v) is 4.45. The Balaban J connectivity index is 1.39. The van der Waals surface area contributed by atoms with Crippen LogP contribution in [0, 0.1) is 6.92 Å². The molecular weight excluding hydrogens is 356 g/mol. The van der Waals surface area contributed by atoms with Gasteiger partial charge >= 0.3 is 0 Å². The predicted molar refractivity (Wildman–Crippen MR) is 113 cm³/mol. The first-order valence-electron chi connectivity index (χ1n) is 9.66. The molecule has 1 heterocycles. The van der Waals surface area contributed by atoms with Crippen molar-refractivity contribution in [1.29, 1.82) is 0 Å². The van der Waals surface area contributed by atoms with Gasteiger partial charge in [-0.1, -0.05) is 42.7 Å². The zero-order chi connectivity index (χ0) is 18.7.